The van der Waals surface area contributed by atoms with Crippen LogP contribution in [0.4, 0.5) is 17.6 Å². The maximum Gasteiger partial charge on any atom is 0.419 e. The second-order valence-corrected chi connectivity index (χ2v) is 6.11. The van der Waals surface area contributed by atoms with E-state index in [4.69, 9.17) is 4.74 Å². The van der Waals surface area contributed by atoms with E-state index in [9.17, 15) is 22.4 Å². The van der Waals surface area contributed by atoms with Crippen LogP contribution in [0.2, 0.25) is 0 Å². The summed E-state index contributed by atoms with van der Waals surface area (Å²) < 4.78 is 57.1. The van der Waals surface area contributed by atoms with Gasteiger partial charge in [-0.05, 0) is 37.5 Å². The van der Waals surface area contributed by atoms with E-state index in [2.05, 4.69) is 0 Å². The van der Waals surface area contributed by atoms with Crippen LogP contribution in [0.5, 0.6) is 0 Å². The SMILES string of the molecule is O=C(c1ccc(F)c(C(F)(F)F)c1)N(C[C@H]1CCOC1)C1CC1. The lowest BCUT2D eigenvalue weighted by Gasteiger charge is -2.25. The van der Waals surface area contributed by atoms with Crippen molar-refractivity contribution >= 4 is 5.91 Å². The first kappa shape index (κ1) is 16.2. The number of ether oxygens (including phenoxy) is 1. The lowest BCUT2D eigenvalue weighted by molar-refractivity contribution is -0.140. The maximum atomic E-state index is 13.4. The van der Waals surface area contributed by atoms with Gasteiger partial charge in [-0.1, -0.05) is 0 Å². The molecule has 0 bridgehead atoms. The summed E-state index contributed by atoms with van der Waals surface area (Å²) in [7, 11) is 0. The van der Waals surface area contributed by atoms with Gasteiger partial charge in [-0.3, -0.25) is 4.79 Å². The van der Waals surface area contributed by atoms with Crippen LogP contribution in [-0.4, -0.2) is 36.6 Å². The van der Waals surface area contributed by atoms with Crippen molar-refractivity contribution in [3.63, 3.8) is 0 Å². The monoisotopic (exact) mass is 331 g/mol. The third kappa shape index (κ3) is 3.65. The molecule has 7 heteroatoms. The van der Waals surface area contributed by atoms with E-state index in [0.29, 0.717) is 31.9 Å². The first-order chi connectivity index (χ1) is 10.9. The fourth-order valence-electron chi connectivity index (χ4n) is 2.83. The Bertz CT molecular complexity index is 592. The molecule has 0 aromatic heterocycles. The Morgan fingerprint density at radius 2 is 2.00 bits per heavy atom. The molecule has 1 heterocycles. The van der Waals surface area contributed by atoms with Gasteiger partial charge in [0.1, 0.15) is 5.82 Å². The zero-order valence-corrected chi connectivity index (χ0v) is 12.4. The molecule has 2 fully saturated rings. The van der Waals surface area contributed by atoms with Gasteiger partial charge in [0.2, 0.25) is 0 Å². The van der Waals surface area contributed by atoms with Crippen molar-refractivity contribution < 1.29 is 27.1 Å². The zero-order chi connectivity index (χ0) is 16.6. The first-order valence-electron chi connectivity index (χ1n) is 7.61. The highest BCUT2D eigenvalue weighted by atomic mass is 19.4. The number of alkyl halides is 3. The Morgan fingerprint density at radius 3 is 2.57 bits per heavy atom. The van der Waals surface area contributed by atoms with Gasteiger partial charge in [0.25, 0.3) is 5.91 Å². The molecule has 3 nitrogen and oxygen atoms in total. The van der Waals surface area contributed by atoms with Gasteiger partial charge in [-0.15, -0.1) is 0 Å². The van der Waals surface area contributed by atoms with Gasteiger partial charge in [-0.25, -0.2) is 4.39 Å². The van der Waals surface area contributed by atoms with Crippen LogP contribution in [0.15, 0.2) is 18.2 Å². The van der Waals surface area contributed by atoms with Crippen LogP contribution in [0.25, 0.3) is 0 Å². The minimum atomic E-state index is -4.82. The molecule has 0 spiro atoms. The minimum absolute atomic E-state index is 0.0717. The van der Waals surface area contributed by atoms with E-state index in [1.165, 1.54) is 0 Å². The van der Waals surface area contributed by atoms with Crippen LogP contribution in [0.1, 0.15) is 35.2 Å². The zero-order valence-electron chi connectivity index (χ0n) is 12.4. The molecule has 0 unspecified atom stereocenters. The van der Waals surface area contributed by atoms with Gasteiger partial charge in [0, 0.05) is 30.7 Å². The molecule has 1 saturated carbocycles. The second-order valence-electron chi connectivity index (χ2n) is 6.11. The van der Waals surface area contributed by atoms with E-state index in [1.807, 2.05) is 0 Å². The lowest BCUT2D eigenvalue weighted by Crippen LogP contribution is -2.37. The lowest BCUT2D eigenvalue weighted by atomic mass is 10.1. The molecular weight excluding hydrogens is 314 g/mol. The van der Waals surface area contributed by atoms with Crippen LogP contribution >= 0.6 is 0 Å². The van der Waals surface area contributed by atoms with Crippen molar-refractivity contribution in [3.05, 3.63) is 35.1 Å². The molecule has 1 amide bonds. The summed E-state index contributed by atoms with van der Waals surface area (Å²) in [5.41, 5.74) is -1.52. The number of hydrogen-bond acceptors (Lipinski definition) is 2. The van der Waals surface area contributed by atoms with Crippen LogP contribution in [-0.2, 0) is 10.9 Å². The third-order valence-corrected chi connectivity index (χ3v) is 4.25. The normalized spacial score (nSPS) is 21.5. The average molecular weight is 331 g/mol. The number of nitrogens with zero attached hydrogens (tertiary/aromatic N) is 1. The molecule has 2 aliphatic rings. The summed E-state index contributed by atoms with van der Waals surface area (Å²) in [4.78, 5) is 14.2. The highest BCUT2D eigenvalue weighted by molar-refractivity contribution is 5.94. The Hall–Kier alpha value is -1.63. The van der Waals surface area contributed by atoms with Crippen molar-refractivity contribution in [3.8, 4) is 0 Å². The van der Waals surface area contributed by atoms with Gasteiger partial charge >= 0.3 is 6.18 Å². The molecule has 126 valence electrons. The molecule has 3 rings (SSSR count). The molecule has 23 heavy (non-hydrogen) atoms. The van der Waals surface area contributed by atoms with Gasteiger partial charge in [-0.2, -0.15) is 13.2 Å². The number of amides is 1. The molecule has 1 aromatic rings. The summed E-state index contributed by atoms with van der Waals surface area (Å²) in [6, 6.07) is 2.51. The predicted octanol–water partition coefficient (Wildman–Crippen LogP) is 3.49. The van der Waals surface area contributed by atoms with Gasteiger partial charge < -0.3 is 9.64 Å². The number of hydrogen-bond donors (Lipinski definition) is 0. The molecule has 0 N–H and O–H groups in total. The summed E-state index contributed by atoms with van der Waals surface area (Å²) in [5, 5.41) is 0. The van der Waals surface area contributed by atoms with Gasteiger partial charge in [0.05, 0.1) is 12.2 Å². The first-order valence-corrected chi connectivity index (χ1v) is 7.61. The van der Waals surface area contributed by atoms with Crippen molar-refractivity contribution in [1.29, 1.82) is 0 Å². The Labute approximate surface area is 131 Å². The highest BCUT2D eigenvalue weighted by Gasteiger charge is 2.38. The molecule has 0 radical (unpaired) electrons. The number of benzene rings is 1. The molecule has 1 aliphatic carbocycles. The standard InChI is InChI=1S/C16H17F4NO2/c17-14-4-1-11(7-13(14)16(18,19)20)15(22)21(12-2-3-12)8-10-5-6-23-9-10/h1,4,7,10,12H,2-3,5-6,8-9H2/t10-/m1/s1. The summed E-state index contributed by atoms with van der Waals surface area (Å²) in [5.74, 6) is -1.62. The summed E-state index contributed by atoms with van der Waals surface area (Å²) in [6.45, 7) is 1.68. The van der Waals surface area contributed by atoms with E-state index < -0.39 is 23.5 Å². The molecular formula is C16H17F4NO2. The van der Waals surface area contributed by atoms with E-state index >= 15 is 0 Å². The van der Waals surface area contributed by atoms with Gasteiger partial charge in [0.15, 0.2) is 0 Å². The summed E-state index contributed by atoms with van der Waals surface area (Å²) in [6.07, 6.45) is -2.27. The Kier molecular flexibility index (Phi) is 4.31. The number of carbonyl (C=O) groups excluding carboxylic acids is 1. The van der Waals surface area contributed by atoms with Crippen LogP contribution in [0, 0.1) is 11.7 Å². The van der Waals surface area contributed by atoms with E-state index in [0.717, 1.165) is 25.3 Å². The number of carbonyl (C=O) groups is 1. The molecule has 1 aliphatic heterocycles. The van der Waals surface area contributed by atoms with E-state index in [-0.39, 0.29) is 17.5 Å². The smallest absolute Gasteiger partial charge is 0.381 e. The largest absolute Gasteiger partial charge is 0.419 e. The Balaban J connectivity index is 1.82. The topological polar surface area (TPSA) is 29.5 Å². The predicted molar refractivity (Wildman–Crippen MR) is 74.4 cm³/mol. The highest BCUT2D eigenvalue weighted by Crippen LogP contribution is 2.34. The minimum Gasteiger partial charge on any atom is -0.381 e. The third-order valence-electron chi connectivity index (χ3n) is 4.25. The molecule has 1 atom stereocenters. The van der Waals surface area contributed by atoms with E-state index in [1.54, 1.807) is 4.90 Å². The maximum absolute atomic E-state index is 13.4. The average Bonchev–Trinajstić information content (AvgIpc) is 3.20. The number of rotatable bonds is 4. The summed E-state index contributed by atoms with van der Waals surface area (Å²) >= 11 is 0. The number of halogens is 4. The quantitative estimate of drug-likeness (QED) is 0.791. The van der Waals surface area contributed by atoms with Crippen molar-refractivity contribution in [2.24, 2.45) is 5.92 Å². The van der Waals surface area contributed by atoms with Crippen molar-refractivity contribution in [2.75, 3.05) is 19.8 Å². The van der Waals surface area contributed by atoms with Crippen LogP contribution < -0.4 is 0 Å². The fourth-order valence-corrected chi connectivity index (χ4v) is 2.83. The van der Waals surface area contributed by atoms with Crippen molar-refractivity contribution in [1.82, 2.24) is 4.90 Å². The fraction of sp³-hybridized carbons (Fsp3) is 0.562. The Morgan fingerprint density at radius 1 is 1.26 bits per heavy atom. The molecule has 1 saturated heterocycles. The second kappa shape index (κ2) is 6.11. The van der Waals surface area contributed by atoms with Crippen molar-refractivity contribution in [2.45, 2.75) is 31.5 Å². The van der Waals surface area contributed by atoms with Crippen LogP contribution in [0.3, 0.4) is 0 Å². The molecule has 1 aromatic carbocycles.